The molecule has 0 saturated carbocycles. The number of hydrazine groups is 1. The summed E-state index contributed by atoms with van der Waals surface area (Å²) < 4.78 is 0.670. The molecule has 3 N–H and O–H groups in total. The van der Waals surface area contributed by atoms with Crippen LogP contribution in [0.4, 0.5) is 0 Å². The molecule has 0 aliphatic rings. The highest BCUT2D eigenvalue weighted by molar-refractivity contribution is 9.10. The molecule has 1 aromatic rings. The molecule has 0 heterocycles. The molecule has 20 heavy (non-hydrogen) atoms. The second-order valence-electron chi connectivity index (χ2n) is 5.09. The lowest BCUT2D eigenvalue weighted by Gasteiger charge is -2.18. The van der Waals surface area contributed by atoms with E-state index >= 15 is 0 Å². The van der Waals surface area contributed by atoms with Crippen molar-refractivity contribution < 1.29 is 9.59 Å². The maximum Gasteiger partial charge on any atom is 0.270 e. The Morgan fingerprint density at radius 3 is 2.30 bits per heavy atom. The van der Waals surface area contributed by atoms with E-state index in [9.17, 15) is 9.59 Å². The van der Waals surface area contributed by atoms with Gasteiger partial charge in [0.15, 0.2) is 5.11 Å². The van der Waals surface area contributed by atoms with Crippen molar-refractivity contribution in [3.63, 3.8) is 0 Å². The van der Waals surface area contributed by atoms with Gasteiger partial charge in [-0.05, 0) is 40.3 Å². The average Bonchev–Trinajstić information content (AvgIpc) is 2.35. The van der Waals surface area contributed by atoms with Crippen LogP contribution in [-0.2, 0) is 4.79 Å². The first-order valence-electron chi connectivity index (χ1n) is 5.88. The van der Waals surface area contributed by atoms with Crippen molar-refractivity contribution in [3.8, 4) is 0 Å². The number of amides is 2. The predicted octanol–water partition coefficient (Wildman–Crippen LogP) is 2.13. The Morgan fingerprint density at radius 2 is 1.75 bits per heavy atom. The summed E-state index contributed by atoms with van der Waals surface area (Å²) in [6.45, 7) is 5.31. The second kappa shape index (κ2) is 6.81. The topological polar surface area (TPSA) is 70.2 Å². The van der Waals surface area contributed by atoms with Gasteiger partial charge < -0.3 is 5.32 Å². The van der Waals surface area contributed by atoms with Gasteiger partial charge in [0.25, 0.3) is 5.91 Å². The zero-order valence-corrected chi connectivity index (χ0v) is 13.8. The lowest BCUT2D eigenvalue weighted by molar-refractivity contribution is -0.126. The summed E-state index contributed by atoms with van der Waals surface area (Å²) >= 11 is 8.21. The number of hydrogen-bond donors (Lipinski definition) is 3. The molecule has 0 aliphatic heterocycles. The van der Waals surface area contributed by atoms with E-state index < -0.39 is 5.41 Å². The van der Waals surface area contributed by atoms with E-state index in [4.69, 9.17) is 12.2 Å². The van der Waals surface area contributed by atoms with Crippen LogP contribution in [0.15, 0.2) is 28.7 Å². The highest BCUT2D eigenvalue weighted by Gasteiger charge is 2.22. The number of rotatable bonds is 1. The fraction of sp³-hybridized carbons (Fsp3) is 0.308. The quantitative estimate of drug-likeness (QED) is 0.531. The summed E-state index contributed by atoms with van der Waals surface area (Å²) in [5.41, 5.74) is 4.82. The Kier molecular flexibility index (Phi) is 5.64. The largest absolute Gasteiger partial charge is 0.301 e. The molecule has 0 atom stereocenters. The van der Waals surface area contributed by atoms with Crippen molar-refractivity contribution in [3.05, 3.63) is 34.3 Å². The fourth-order valence-electron chi connectivity index (χ4n) is 1.15. The number of carbonyl (C=O) groups excluding carboxylic acids is 2. The van der Waals surface area contributed by atoms with Crippen LogP contribution in [-0.4, -0.2) is 16.9 Å². The van der Waals surface area contributed by atoms with Crippen LogP contribution < -0.4 is 16.2 Å². The van der Waals surface area contributed by atoms with E-state index in [1.807, 2.05) is 6.07 Å². The summed E-state index contributed by atoms with van der Waals surface area (Å²) in [6, 6.07) is 6.98. The molecule has 0 fully saturated rings. The number of thiocarbonyl (C=S) groups is 1. The number of nitrogens with one attached hydrogen (secondary N) is 3. The van der Waals surface area contributed by atoms with Crippen molar-refractivity contribution in [2.75, 3.05) is 0 Å². The average molecular weight is 358 g/mol. The molecule has 0 aromatic heterocycles. The minimum atomic E-state index is -0.557. The van der Waals surface area contributed by atoms with Crippen LogP contribution in [0.25, 0.3) is 0 Å². The van der Waals surface area contributed by atoms with E-state index in [0.717, 1.165) is 0 Å². The van der Waals surface area contributed by atoms with Crippen LogP contribution in [0.1, 0.15) is 31.1 Å². The second-order valence-corrected chi connectivity index (χ2v) is 6.35. The fourth-order valence-corrected chi connectivity index (χ4v) is 1.76. The zero-order chi connectivity index (χ0) is 15.3. The van der Waals surface area contributed by atoms with Gasteiger partial charge >= 0.3 is 0 Å². The Bertz CT molecular complexity index is 541. The molecule has 5 nitrogen and oxygen atoms in total. The predicted molar refractivity (Wildman–Crippen MR) is 84.9 cm³/mol. The van der Waals surface area contributed by atoms with Gasteiger partial charge in [-0.25, -0.2) is 0 Å². The van der Waals surface area contributed by atoms with E-state index in [-0.39, 0.29) is 16.9 Å². The van der Waals surface area contributed by atoms with Gasteiger partial charge in [0.1, 0.15) is 0 Å². The highest BCUT2D eigenvalue weighted by atomic mass is 79.9. The lowest BCUT2D eigenvalue weighted by atomic mass is 9.96. The van der Waals surface area contributed by atoms with E-state index in [0.29, 0.717) is 10.0 Å². The number of hydrogen-bond acceptors (Lipinski definition) is 3. The van der Waals surface area contributed by atoms with Gasteiger partial charge in [0, 0.05) is 9.89 Å². The molecular formula is C13H16BrN3O2S. The summed E-state index contributed by atoms with van der Waals surface area (Å²) in [5, 5.41) is 2.54. The Morgan fingerprint density at radius 1 is 1.15 bits per heavy atom. The van der Waals surface area contributed by atoms with E-state index in [1.165, 1.54) is 0 Å². The number of benzene rings is 1. The molecule has 0 radical (unpaired) electrons. The van der Waals surface area contributed by atoms with Crippen molar-refractivity contribution >= 4 is 45.1 Å². The SMILES string of the molecule is CC(C)(C)C(=O)NC(=S)NNC(=O)c1ccccc1Br. The number of halogens is 1. The van der Waals surface area contributed by atoms with Gasteiger partial charge in [-0.1, -0.05) is 32.9 Å². The number of carbonyl (C=O) groups is 2. The van der Waals surface area contributed by atoms with E-state index in [2.05, 4.69) is 32.1 Å². The van der Waals surface area contributed by atoms with E-state index in [1.54, 1.807) is 39.0 Å². The van der Waals surface area contributed by atoms with Crippen molar-refractivity contribution in [1.82, 2.24) is 16.2 Å². The van der Waals surface area contributed by atoms with Crippen LogP contribution in [0.2, 0.25) is 0 Å². The van der Waals surface area contributed by atoms with Gasteiger partial charge in [-0.15, -0.1) is 0 Å². The third-order valence-electron chi connectivity index (χ3n) is 2.32. The van der Waals surface area contributed by atoms with Crippen LogP contribution in [0.3, 0.4) is 0 Å². The van der Waals surface area contributed by atoms with Crippen molar-refractivity contribution in [2.45, 2.75) is 20.8 Å². The Hall–Kier alpha value is -1.47. The minimum absolute atomic E-state index is 0.0466. The third-order valence-corrected chi connectivity index (χ3v) is 3.21. The van der Waals surface area contributed by atoms with Gasteiger partial charge in [-0.3, -0.25) is 20.4 Å². The first-order chi connectivity index (χ1) is 9.21. The maximum atomic E-state index is 11.9. The van der Waals surface area contributed by atoms with Crippen LogP contribution in [0.5, 0.6) is 0 Å². The van der Waals surface area contributed by atoms with Gasteiger partial charge in [0.2, 0.25) is 5.91 Å². The normalized spacial score (nSPS) is 10.6. The molecule has 0 bridgehead atoms. The highest BCUT2D eigenvalue weighted by Crippen LogP contribution is 2.15. The molecule has 2 amide bonds. The van der Waals surface area contributed by atoms with Crippen molar-refractivity contribution in [1.29, 1.82) is 0 Å². The summed E-state index contributed by atoms with van der Waals surface area (Å²) in [7, 11) is 0. The van der Waals surface area contributed by atoms with Gasteiger partial charge in [0.05, 0.1) is 5.56 Å². The van der Waals surface area contributed by atoms with Crippen molar-refractivity contribution in [2.24, 2.45) is 5.41 Å². The van der Waals surface area contributed by atoms with Crippen LogP contribution >= 0.6 is 28.1 Å². The maximum absolute atomic E-state index is 11.9. The standard InChI is InChI=1S/C13H16BrN3O2S/c1-13(2,3)11(19)15-12(20)17-16-10(18)8-6-4-5-7-9(8)14/h4-7H,1-3H3,(H,16,18)(H2,15,17,19,20). The smallest absolute Gasteiger partial charge is 0.270 e. The molecule has 1 aromatic carbocycles. The lowest BCUT2D eigenvalue weighted by Crippen LogP contribution is -2.50. The van der Waals surface area contributed by atoms with Crippen LogP contribution in [0, 0.1) is 5.41 Å². The molecule has 108 valence electrons. The monoisotopic (exact) mass is 357 g/mol. The summed E-state index contributed by atoms with van der Waals surface area (Å²) in [4.78, 5) is 23.6. The first kappa shape index (κ1) is 16.6. The summed E-state index contributed by atoms with van der Waals surface area (Å²) in [6.07, 6.45) is 0. The minimum Gasteiger partial charge on any atom is -0.301 e. The molecule has 0 spiro atoms. The molecular weight excluding hydrogens is 342 g/mol. The Balaban J connectivity index is 2.52. The molecule has 7 heteroatoms. The zero-order valence-electron chi connectivity index (χ0n) is 11.4. The molecule has 0 saturated heterocycles. The summed E-state index contributed by atoms with van der Waals surface area (Å²) in [5.74, 6) is -0.588. The Labute approximate surface area is 131 Å². The first-order valence-corrected chi connectivity index (χ1v) is 7.08. The molecule has 1 rings (SSSR count). The van der Waals surface area contributed by atoms with Gasteiger partial charge in [-0.2, -0.15) is 0 Å². The third kappa shape index (κ3) is 4.90. The molecule has 0 unspecified atom stereocenters. The molecule has 0 aliphatic carbocycles.